The van der Waals surface area contributed by atoms with Crippen molar-refractivity contribution in [1.29, 1.82) is 0 Å². The number of carbonyl (C=O) groups excluding carboxylic acids is 2. The molecule has 0 fully saturated rings. The van der Waals surface area contributed by atoms with Crippen molar-refractivity contribution in [3.05, 3.63) is 18.2 Å². The van der Waals surface area contributed by atoms with Crippen LogP contribution in [0.25, 0.3) is 0 Å². The summed E-state index contributed by atoms with van der Waals surface area (Å²) in [6, 6.07) is 0.651. The number of esters is 2. The molecule has 1 aromatic rings. The first-order valence-electron chi connectivity index (χ1n) is 29.9. The maximum atomic E-state index is 12.6. The van der Waals surface area contributed by atoms with E-state index >= 15 is 0 Å². The van der Waals surface area contributed by atoms with Gasteiger partial charge in [-0.05, 0) is 89.5 Å². The third kappa shape index (κ3) is 38.5. The van der Waals surface area contributed by atoms with Crippen LogP contribution in [-0.2, 0) is 25.6 Å². The molecule has 0 aliphatic carbocycles. The van der Waals surface area contributed by atoms with Gasteiger partial charge in [-0.1, -0.05) is 221 Å². The normalized spacial score (nSPS) is 13.1. The van der Waals surface area contributed by atoms with Gasteiger partial charge in [0, 0.05) is 44.4 Å². The highest BCUT2D eigenvalue weighted by Gasteiger charge is 2.19. The molecule has 0 spiro atoms. The first-order chi connectivity index (χ1) is 32.9. The van der Waals surface area contributed by atoms with E-state index in [-0.39, 0.29) is 11.9 Å². The summed E-state index contributed by atoms with van der Waals surface area (Å²) in [7, 11) is 0. The molecule has 0 saturated carbocycles. The van der Waals surface area contributed by atoms with Crippen molar-refractivity contribution < 1.29 is 19.1 Å². The van der Waals surface area contributed by atoms with Crippen LogP contribution in [0, 0.1) is 18.8 Å². The lowest BCUT2D eigenvalue weighted by atomic mass is 9.96. The molecule has 0 amide bonds. The van der Waals surface area contributed by atoms with Crippen LogP contribution in [0.4, 0.5) is 0 Å². The summed E-state index contributed by atoms with van der Waals surface area (Å²) in [6.07, 6.45) is 54.3. The van der Waals surface area contributed by atoms with Gasteiger partial charge in [-0.3, -0.25) is 9.59 Å². The fourth-order valence-electron chi connectivity index (χ4n) is 10.1. The number of carbonyl (C=O) groups is 2. The van der Waals surface area contributed by atoms with E-state index in [0.29, 0.717) is 43.9 Å². The molecule has 7 heteroatoms. The fraction of sp³-hybridized carbons (Fsp3) is 0.917. The molecule has 1 aromatic heterocycles. The molecule has 1 rings (SSSR count). The van der Waals surface area contributed by atoms with E-state index in [2.05, 4.69) is 62.2 Å². The maximum absolute atomic E-state index is 12.6. The zero-order valence-corrected chi connectivity index (χ0v) is 45.9. The third-order valence-corrected chi connectivity index (χ3v) is 14.7. The Bertz CT molecular complexity index is 1150. The molecular formula is C60H115N3O4. The van der Waals surface area contributed by atoms with E-state index in [1.807, 2.05) is 6.20 Å². The number of unbranched alkanes of at least 4 members (excludes halogenated alkanes) is 25. The maximum Gasteiger partial charge on any atom is 0.305 e. The summed E-state index contributed by atoms with van der Waals surface area (Å²) in [5.41, 5.74) is 0. The Morgan fingerprint density at radius 1 is 0.463 bits per heavy atom. The van der Waals surface area contributed by atoms with Gasteiger partial charge in [0.05, 0.1) is 13.2 Å². The van der Waals surface area contributed by atoms with Crippen LogP contribution in [0.3, 0.4) is 0 Å². The minimum absolute atomic E-state index is 0.0206. The van der Waals surface area contributed by atoms with Crippen molar-refractivity contribution in [2.45, 2.75) is 317 Å². The van der Waals surface area contributed by atoms with Crippen molar-refractivity contribution in [3.8, 4) is 0 Å². The van der Waals surface area contributed by atoms with E-state index in [4.69, 9.17) is 9.47 Å². The molecule has 0 bridgehead atoms. The van der Waals surface area contributed by atoms with E-state index in [0.717, 1.165) is 38.1 Å². The predicted molar refractivity (Wildman–Crippen MR) is 289 cm³/mol. The van der Waals surface area contributed by atoms with Gasteiger partial charge < -0.3 is 18.9 Å². The fourth-order valence-corrected chi connectivity index (χ4v) is 10.1. The van der Waals surface area contributed by atoms with E-state index in [9.17, 15) is 9.59 Å². The Labute approximate surface area is 417 Å². The van der Waals surface area contributed by atoms with E-state index in [1.54, 1.807) is 0 Å². The van der Waals surface area contributed by atoms with Crippen molar-refractivity contribution in [2.75, 3.05) is 26.3 Å². The van der Waals surface area contributed by atoms with Gasteiger partial charge >= 0.3 is 11.9 Å². The van der Waals surface area contributed by atoms with Crippen LogP contribution in [0.15, 0.2) is 12.4 Å². The predicted octanol–water partition coefficient (Wildman–Crippen LogP) is 18.3. The zero-order valence-electron chi connectivity index (χ0n) is 45.9. The summed E-state index contributed by atoms with van der Waals surface area (Å²) >= 11 is 0. The van der Waals surface area contributed by atoms with Crippen LogP contribution in [-0.4, -0.2) is 58.7 Å². The van der Waals surface area contributed by atoms with Gasteiger partial charge in [-0.15, -0.1) is 0 Å². The molecule has 0 N–H and O–H groups in total. The SMILES string of the molecule is CCCCCCCCCCN(CCCn1ccnc1C)C(CCCCCCCCC(=O)OCC(CCCC)CCCCCC)CCCCCCCCC(=O)OCC(CCCC)CCCCCC. The van der Waals surface area contributed by atoms with Crippen LogP contribution in [0.5, 0.6) is 0 Å². The molecule has 0 aromatic carbocycles. The molecule has 7 nitrogen and oxygen atoms in total. The van der Waals surface area contributed by atoms with Crippen molar-refractivity contribution >= 4 is 11.9 Å². The second kappa shape index (κ2) is 47.8. The topological polar surface area (TPSA) is 73.7 Å². The van der Waals surface area contributed by atoms with Gasteiger partial charge in [0.25, 0.3) is 0 Å². The highest BCUT2D eigenvalue weighted by molar-refractivity contribution is 5.69. The molecule has 1 heterocycles. The largest absolute Gasteiger partial charge is 0.465 e. The van der Waals surface area contributed by atoms with Gasteiger partial charge in [-0.2, -0.15) is 0 Å². The second-order valence-electron chi connectivity index (χ2n) is 21.1. The molecule has 0 radical (unpaired) electrons. The van der Waals surface area contributed by atoms with E-state index in [1.165, 1.54) is 238 Å². The number of hydrogen-bond donors (Lipinski definition) is 0. The summed E-state index contributed by atoms with van der Waals surface area (Å²) in [5.74, 6) is 2.24. The van der Waals surface area contributed by atoms with Crippen molar-refractivity contribution in [3.63, 3.8) is 0 Å². The Kier molecular flexibility index (Phi) is 45.0. The molecule has 0 saturated heterocycles. The third-order valence-electron chi connectivity index (χ3n) is 14.7. The number of hydrogen-bond acceptors (Lipinski definition) is 6. The average Bonchev–Trinajstić information content (AvgIpc) is 3.75. The van der Waals surface area contributed by atoms with Gasteiger partial charge in [0.2, 0.25) is 0 Å². The monoisotopic (exact) mass is 942 g/mol. The van der Waals surface area contributed by atoms with Crippen LogP contribution >= 0.6 is 0 Å². The Hall–Kier alpha value is -1.89. The number of aryl methyl sites for hydroxylation is 2. The zero-order chi connectivity index (χ0) is 48.7. The molecular weight excluding hydrogens is 827 g/mol. The average molecular weight is 943 g/mol. The molecule has 2 unspecified atom stereocenters. The minimum Gasteiger partial charge on any atom is -0.465 e. The molecule has 2 atom stereocenters. The van der Waals surface area contributed by atoms with Crippen LogP contribution < -0.4 is 0 Å². The first-order valence-corrected chi connectivity index (χ1v) is 29.9. The summed E-state index contributed by atoms with van der Waals surface area (Å²) in [6.45, 7) is 18.2. The molecule has 67 heavy (non-hydrogen) atoms. The number of ether oxygens (including phenoxy) is 2. The lowest BCUT2D eigenvalue weighted by molar-refractivity contribution is -0.146. The second-order valence-corrected chi connectivity index (χ2v) is 21.1. The van der Waals surface area contributed by atoms with Crippen molar-refractivity contribution in [1.82, 2.24) is 14.5 Å². The van der Waals surface area contributed by atoms with E-state index < -0.39 is 0 Å². The summed E-state index contributed by atoms with van der Waals surface area (Å²) in [4.78, 5) is 32.7. The smallest absolute Gasteiger partial charge is 0.305 e. The first kappa shape index (κ1) is 63.1. The lowest BCUT2D eigenvalue weighted by Crippen LogP contribution is -2.37. The van der Waals surface area contributed by atoms with Gasteiger partial charge in [-0.25, -0.2) is 4.98 Å². The molecule has 394 valence electrons. The standard InChI is InChI=1S/C60H115N3O4/c1-7-12-17-20-21-26-31-38-49-63(51-39-50-62-52-48-61-55(62)6)58(44-34-27-22-24-29-36-46-59(64)66-53-56(40-15-10-4)42-32-18-13-8-2)45-35-28-23-25-30-37-47-60(65)67-54-57(41-16-11-5)43-33-19-14-9-3/h48,52,56-58H,7-47,49-51,53-54H2,1-6H3. The van der Waals surface area contributed by atoms with Gasteiger partial charge in [0.15, 0.2) is 0 Å². The number of aromatic nitrogens is 2. The highest BCUT2D eigenvalue weighted by Crippen LogP contribution is 2.23. The van der Waals surface area contributed by atoms with Gasteiger partial charge in [0.1, 0.15) is 5.82 Å². The lowest BCUT2D eigenvalue weighted by Gasteiger charge is -2.32. The quantitative estimate of drug-likeness (QED) is 0.0479. The Balaban J connectivity index is 2.63. The minimum atomic E-state index is 0.0206. The molecule has 0 aliphatic heterocycles. The summed E-state index contributed by atoms with van der Waals surface area (Å²) in [5, 5.41) is 0. The number of imidazole rings is 1. The van der Waals surface area contributed by atoms with Crippen LogP contribution in [0.1, 0.15) is 304 Å². The molecule has 0 aliphatic rings. The Morgan fingerprint density at radius 2 is 0.821 bits per heavy atom. The van der Waals surface area contributed by atoms with Crippen molar-refractivity contribution in [2.24, 2.45) is 11.8 Å². The number of rotatable bonds is 52. The highest BCUT2D eigenvalue weighted by atomic mass is 16.5. The summed E-state index contributed by atoms with van der Waals surface area (Å²) < 4.78 is 14.0. The Morgan fingerprint density at radius 3 is 1.25 bits per heavy atom. The number of nitrogens with zero attached hydrogens (tertiary/aromatic N) is 3. The van der Waals surface area contributed by atoms with Crippen LogP contribution in [0.2, 0.25) is 0 Å².